The van der Waals surface area contributed by atoms with E-state index in [0.29, 0.717) is 79.7 Å². The quantitative estimate of drug-likeness (QED) is 0.253. The Morgan fingerprint density at radius 1 is 0.906 bits per heavy atom. The Labute approximate surface area is 321 Å². The number of rotatable bonds is 12. The highest BCUT2D eigenvalue weighted by molar-refractivity contribution is 7.89. The molecule has 6 rings (SSSR count). The Balaban J connectivity index is 1.40. The number of carbonyl (C=O) groups excluding carboxylic acids is 2. The van der Waals surface area contributed by atoms with Crippen molar-refractivity contribution in [3.63, 3.8) is 0 Å². The van der Waals surface area contributed by atoms with Crippen LogP contribution >= 0.6 is 23.2 Å². The van der Waals surface area contributed by atoms with Gasteiger partial charge in [0.25, 0.3) is 0 Å². The number of hydrogen-bond acceptors (Lipinski definition) is 8. The summed E-state index contributed by atoms with van der Waals surface area (Å²) < 4.78 is 40.5. The second-order valence-corrected chi connectivity index (χ2v) is 16.3. The summed E-state index contributed by atoms with van der Waals surface area (Å²) in [4.78, 5) is 38.5. The van der Waals surface area contributed by atoms with E-state index in [1.165, 1.54) is 4.31 Å². The molecule has 3 heterocycles. The van der Waals surface area contributed by atoms with E-state index in [1.54, 1.807) is 59.4 Å². The first-order chi connectivity index (χ1) is 25.5. The van der Waals surface area contributed by atoms with Crippen molar-refractivity contribution in [2.24, 2.45) is 4.99 Å². The fourth-order valence-corrected chi connectivity index (χ4v) is 8.92. The third kappa shape index (κ3) is 8.82. The molecule has 3 amide bonds. The number of sulfonamides is 1. The first kappa shape index (κ1) is 39.0. The molecule has 2 saturated heterocycles. The van der Waals surface area contributed by atoms with Gasteiger partial charge in [0, 0.05) is 62.5 Å². The SMILES string of the molecule is CCOc1ccc(S(=O)(=O)N2CCCC2)cc1C1=NC(c2ccc(Cl)cc2)C(c2ccc(Cl)cc2)N1C(=O)N1CCN(CC(=O)NC(C)COC)CC1. The van der Waals surface area contributed by atoms with E-state index < -0.39 is 22.1 Å². The fourth-order valence-electron chi connectivity index (χ4n) is 7.12. The third-order valence-corrected chi connectivity index (χ3v) is 12.1. The van der Waals surface area contributed by atoms with E-state index in [1.807, 2.05) is 43.0 Å². The Morgan fingerprint density at radius 3 is 2.13 bits per heavy atom. The lowest BCUT2D eigenvalue weighted by atomic mass is 9.93. The van der Waals surface area contributed by atoms with Crippen LogP contribution in [0.2, 0.25) is 10.0 Å². The maximum atomic E-state index is 15.0. The number of benzene rings is 3. The topological polar surface area (TPSA) is 124 Å². The molecular weight excluding hydrogens is 739 g/mol. The van der Waals surface area contributed by atoms with Crippen molar-refractivity contribution >= 4 is 51.0 Å². The third-order valence-electron chi connectivity index (χ3n) is 9.72. The molecule has 3 aromatic carbocycles. The summed E-state index contributed by atoms with van der Waals surface area (Å²) in [6, 6.07) is 17.8. The number of amides is 3. The van der Waals surface area contributed by atoms with Crippen LogP contribution in [0.15, 0.2) is 76.6 Å². The molecule has 2 fully saturated rings. The van der Waals surface area contributed by atoms with E-state index in [9.17, 15) is 13.2 Å². The van der Waals surface area contributed by atoms with Crippen LogP contribution in [0, 0.1) is 0 Å². The van der Waals surface area contributed by atoms with Crippen LogP contribution in [0.25, 0.3) is 0 Å². The molecule has 15 heteroatoms. The number of carbonyl (C=O) groups is 2. The molecule has 3 atom stereocenters. The van der Waals surface area contributed by atoms with Gasteiger partial charge in [-0.2, -0.15) is 4.31 Å². The van der Waals surface area contributed by atoms with Crippen LogP contribution in [0.1, 0.15) is 55.5 Å². The zero-order valence-electron chi connectivity index (χ0n) is 30.2. The summed E-state index contributed by atoms with van der Waals surface area (Å²) in [6.07, 6.45) is 1.60. The van der Waals surface area contributed by atoms with Gasteiger partial charge in [0.05, 0.1) is 36.3 Å². The largest absolute Gasteiger partial charge is 0.493 e. The molecule has 53 heavy (non-hydrogen) atoms. The highest BCUT2D eigenvalue weighted by Gasteiger charge is 2.45. The molecule has 284 valence electrons. The van der Waals surface area contributed by atoms with Crippen molar-refractivity contribution in [2.45, 2.75) is 49.7 Å². The van der Waals surface area contributed by atoms with Crippen LogP contribution in [0.5, 0.6) is 5.75 Å². The molecule has 0 saturated carbocycles. The number of amidine groups is 1. The molecule has 3 aliphatic heterocycles. The van der Waals surface area contributed by atoms with Gasteiger partial charge in [-0.3, -0.25) is 19.6 Å². The van der Waals surface area contributed by atoms with E-state index in [0.717, 1.165) is 24.0 Å². The first-order valence-electron chi connectivity index (χ1n) is 17.9. The van der Waals surface area contributed by atoms with Crippen molar-refractivity contribution in [3.05, 3.63) is 93.5 Å². The van der Waals surface area contributed by atoms with Crippen molar-refractivity contribution < 1.29 is 27.5 Å². The van der Waals surface area contributed by atoms with Crippen molar-refractivity contribution in [2.75, 3.05) is 66.1 Å². The van der Waals surface area contributed by atoms with Gasteiger partial charge < -0.3 is 19.7 Å². The summed E-state index contributed by atoms with van der Waals surface area (Å²) >= 11 is 12.7. The van der Waals surface area contributed by atoms with Crippen LogP contribution in [0.3, 0.4) is 0 Å². The molecule has 1 N–H and O–H groups in total. The second kappa shape index (κ2) is 17.2. The zero-order valence-corrected chi connectivity index (χ0v) is 32.5. The lowest BCUT2D eigenvalue weighted by molar-refractivity contribution is -0.123. The minimum atomic E-state index is -3.81. The van der Waals surface area contributed by atoms with Gasteiger partial charge in [0.15, 0.2) is 0 Å². The Morgan fingerprint density at radius 2 is 1.53 bits per heavy atom. The fraction of sp³-hybridized carbons (Fsp3) is 0.447. The van der Waals surface area contributed by atoms with Gasteiger partial charge in [-0.15, -0.1) is 0 Å². The van der Waals surface area contributed by atoms with Crippen molar-refractivity contribution in [1.82, 2.24) is 24.3 Å². The Bertz CT molecular complexity index is 1900. The van der Waals surface area contributed by atoms with Crippen molar-refractivity contribution in [3.8, 4) is 5.75 Å². The normalized spacial score (nSPS) is 20.4. The Kier molecular flexibility index (Phi) is 12.6. The summed E-state index contributed by atoms with van der Waals surface area (Å²) in [5.41, 5.74) is 2.01. The molecule has 3 aliphatic rings. The van der Waals surface area contributed by atoms with Gasteiger partial charge >= 0.3 is 6.03 Å². The zero-order chi connectivity index (χ0) is 37.7. The number of ether oxygens (including phenoxy) is 2. The molecular formula is C38H46Cl2N6O6S. The van der Waals surface area contributed by atoms with Crippen LogP contribution in [-0.4, -0.2) is 117 Å². The van der Waals surface area contributed by atoms with E-state index in [4.69, 9.17) is 37.7 Å². The Hall–Kier alpha value is -3.72. The highest BCUT2D eigenvalue weighted by Crippen LogP contribution is 2.46. The maximum Gasteiger partial charge on any atom is 0.326 e. The van der Waals surface area contributed by atoms with Gasteiger partial charge in [-0.25, -0.2) is 13.2 Å². The predicted octanol–water partition coefficient (Wildman–Crippen LogP) is 5.61. The number of hydrogen-bond donors (Lipinski definition) is 1. The molecule has 12 nitrogen and oxygen atoms in total. The van der Waals surface area contributed by atoms with Gasteiger partial charge in [0.1, 0.15) is 17.6 Å². The van der Waals surface area contributed by atoms with Crippen LogP contribution in [0.4, 0.5) is 4.79 Å². The summed E-state index contributed by atoms with van der Waals surface area (Å²) in [7, 11) is -2.22. The molecule has 0 spiro atoms. The summed E-state index contributed by atoms with van der Waals surface area (Å²) in [5.74, 6) is 0.601. The maximum absolute atomic E-state index is 15.0. The van der Waals surface area contributed by atoms with E-state index >= 15 is 4.79 Å². The molecule has 3 unspecified atom stereocenters. The second-order valence-electron chi connectivity index (χ2n) is 13.5. The summed E-state index contributed by atoms with van der Waals surface area (Å²) in [5, 5.41) is 4.05. The molecule has 0 aliphatic carbocycles. The number of piperazine rings is 1. The minimum absolute atomic E-state index is 0.107. The van der Waals surface area contributed by atoms with Gasteiger partial charge in [-0.1, -0.05) is 47.5 Å². The van der Waals surface area contributed by atoms with Gasteiger partial charge in [0.2, 0.25) is 15.9 Å². The average molecular weight is 786 g/mol. The number of methoxy groups -OCH3 is 1. The average Bonchev–Trinajstić information content (AvgIpc) is 3.83. The van der Waals surface area contributed by atoms with Crippen LogP contribution < -0.4 is 10.1 Å². The standard InChI is InChI=1S/C38H46Cl2N6O6S/c1-4-52-33-16-15-31(53(49,50)45-17-5-6-18-45)23-32(33)37-42-35(27-7-11-29(39)12-8-27)36(28-9-13-30(40)14-10-28)46(37)38(48)44-21-19-43(20-22-44)24-34(47)41-26(2)25-51-3/h7-16,23,26,35-36H,4-6,17-22,24-25H2,1-3H3,(H,41,47). The molecule has 0 aromatic heterocycles. The number of urea groups is 1. The number of nitrogens with one attached hydrogen (secondary N) is 1. The minimum Gasteiger partial charge on any atom is -0.493 e. The van der Waals surface area contributed by atoms with Crippen LogP contribution in [-0.2, 0) is 19.6 Å². The lowest BCUT2D eigenvalue weighted by Gasteiger charge is -2.39. The smallest absolute Gasteiger partial charge is 0.326 e. The molecule has 0 radical (unpaired) electrons. The molecule has 0 bridgehead atoms. The van der Waals surface area contributed by atoms with Gasteiger partial charge in [-0.05, 0) is 80.3 Å². The van der Waals surface area contributed by atoms with Crippen molar-refractivity contribution in [1.29, 1.82) is 0 Å². The first-order valence-corrected chi connectivity index (χ1v) is 20.1. The summed E-state index contributed by atoms with van der Waals surface area (Å²) in [6.45, 7) is 7.27. The van der Waals surface area contributed by atoms with E-state index in [2.05, 4.69) is 5.32 Å². The highest BCUT2D eigenvalue weighted by atomic mass is 35.5. The lowest BCUT2D eigenvalue weighted by Crippen LogP contribution is -2.55. The van der Waals surface area contributed by atoms with E-state index in [-0.39, 0.29) is 29.4 Å². The predicted molar refractivity (Wildman–Crippen MR) is 205 cm³/mol. The monoisotopic (exact) mass is 784 g/mol. The number of aliphatic imine (C=N–C) groups is 1. The molecule has 3 aromatic rings. The number of nitrogens with zero attached hydrogens (tertiary/aromatic N) is 5. The number of halogens is 2.